The molecule has 1 fully saturated rings. The summed E-state index contributed by atoms with van der Waals surface area (Å²) < 4.78 is 4.95. The molecule has 0 aliphatic carbocycles. The standard InChI is InChI=1S/C17H25NO2/c1-17(2,3)13-8-6-12(7-9-13)14-10-18(4)11-15(14)16(19)20-5/h6-9,14-15H,10-11H2,1-5H3. The summed E-state index contributed by atoms with van der Waals surface area (Å²) in [5, 5.41) is 0. The van der Waals surface area contributed by atoms with Crippen molar-refractivity contribution in [2.45, 2.75) is 32.1 Å². The number of ether oxygens (including phenoxy) is 1. The minimum absolute atomic E-state index is 0.0505. The van der Waals surface area contributed by atoms with Crippen molar-refractivity contribution in [3.63, 3.8) is 0 Å². The van der Waals surface area contributed by atoms with Crippen molar-refractivity contribution in [1.29, 1.82) is 0 Å². The molecule has 1 heterocycles. The molecular formula is C17H25NO2. The van der Waals surface area contributed by atoms with E-state index >= 15 is 0 Å². The number of likely N-dealkylation sites (N-methyl/N-ethyl adjacent to an activating group) is 1. The van der Waals surface area contributed by atoms with Crippen LogP contribution in [-0.4, -0.2) is 38.1 Å². The summed E-state index contributed by atoms with van der Waals surface area (Å²) >= 11 is 0. The summed E-state index contributed by atoms with van der Waals surface area (Å²) in [5.41, 5.74) is 2.71. The highest BCUT2D eigenvalue weighted by Gasteiger charge is 2.37. The topological polar surface area (TPSA) is 29.5 Å². The van der Waals surface area contributed by atoms with E-state index in [0.717, 1.165) is 13.1 Å². The van der Waals surface area contributed by atoms with Gasteiger partial charge in [0.25, 0.3) is 0 Å². The van der Waals surface area contributed by atoms with Crippen molar-refractivity contribution in [3.8, 4) is 0 Å². The van der Waals surface area contributed by atoms with Crippen LogP contribution in [0.1, 0.15) is 37.8 Å². The summed E-state index contributed by atoms with van der Waals surface area (Å²) in [4.78, 5) is 14.1. The largest absolute Gasteiger partial charge is 0.469 e. The van der Waals surface area contributed by atoms with Crippen LogP contribution in [0, 0.1) is 5.92 Å². The normalized spacial score (nSPS) is 23.9. The molecule has 2 atom stereocenters. The van der Waals surface area contributed by atoms with Gasteiger partial charge in [0.05, 0.1) is 13.0 Å². The summed E-state index contributed by atoms with van der Waals surface area (Å²) in [5.74, 6) is 0.0891. The molecule has 1 aliphatic rings. The van der Waals surface area contributed by atoms with Crippen LogP contribution in [0.4, 0.5) is 0 Å². The van der Waals surface area contributed by atoms with Gasteiger partial charge in [-0.25, -0.2) is 0 Å². The van der Waals surface area contributed by atoms with Crippen molar-refractivity contribution in [1.82, 2.24) is 4.90 Å². The molecule has 0 aromatic heterocycles. The number of rotatable bonds is 2. The molecule has 1 aliphatic heterocycles. The molecule has 0 radical (unpaired) electrons. The second kappa shape index (κ2) is 5.57. The van der Waals surface area contributed by atoms with E-state index in [1.807, 2.05) is 0 Å². The highest BCUT2D eigenvalue weighted by Crippen LogP contribution is 2.34. The van der Waals surface area contributed by atoms with Gasteiger partial charge in [-0.05, 0) is 23.6 Å². The van der Waals surface area contributed by atoms with Crippen LogP contribution in [-0.2, 0) is 14.9 Å². The molecule has 1 aromatic carbocycles. The smallest absolute Gasteiger partial charge is 0.310 e. The van der Waals surface area contributed by atoms with Crippen LogP contribution in [0.25, 0.3) is 0 Å². The van der Waals surface area contributed by atoms with Gasteiger partial charge in [0, 0.05) is 19.0 Å². The Balaban J connectivity index is 2.24. The Morgan fingerprint density at radius 3 is 2.30 bits per heavy atom. The highest BCUT2D eigenvalue weighted by molar-refractivity contribution is 5.74. The van der Waals surface area contributed by atoms with E-state index < -0.39 is 0 Å². The third kappa shape index (κ3) is 3.04. The number of esters is 1. The molecule has 110 valence electrons. The molecule has 0 bridgehead atoms. The summed E-state index contributed by atoms with van der Waals surface area (Å²) in [6.45, 7) is 8.32. The number of carbonyl (C=O) groups excluding carboxylic acids is 1. The van der Waals surface area contributed by atoms with Gasteiger partial charge in [0.15, 0.2) is 0 Å². The van der Waals surface area contributed by atoms with E-state index in [4.69, 9.17) is 4.74 Å². The first-order valence-corrected chi connectivity index (χ1v) is 7.19. The third-order valence-corrected chi connectivity index (χ3v) is 4.21. The number of carbonyl (C=O) groups is 1. The second-order valence-corrected chi connectivity index (χ2v) is 6.83. The zero-order valence-electron chi connectivity index (χ0n) is 13.1. The van der Waals surface area contributed by atoms with Crippen LogP contribution in [0.3, 0.4) is 0 Å². The first-order valence-electron chi connectivity index (χ1n) is 7.19. The lowest BCUT2D eigenvalue weighted by Gasteiger charge is -2.21. The predicted molar refractivity (Wildman–Crippen MR) is 80.9 cm³/mol. The van der Waals surface area contributed by atoms with Crippen LogP contribution < -0.4 is 0 Å². The Bertz CT molecular complexity index is 473. The van der Waals surface area contributed by atoms with E-state index in [-0.39, 0.29) is 23.2 Å². The monoisotopic (exact) mass is 275 g/mol. The number of likely N-dealkylation sites (tertiary alicyclic amines) is 1. The third-order valence-electron chi connectivity index (χ3n) is 4.21. The zero-order chi connectivity index (χ0) is 14.9. The Kier molecular flexibility index (Phi) is 4.19. The number of benzene rings is 1. The fourth-order valence-electron chi connectivity index (χ4n) is 2.96. The summed E-state index contributed by atoms with van der Waals surface area (Å²) in [6, 6.07) is 8.70. The molecule has 3 nitrogen and oxygen atoms in total. The van der Waals surface area contributed by atoms with Crippen molar-refractivity contribution in [2.24, 2.45) is 5.92 Å². The van der Waals surface area contributed by atoms with Crippen molar-refractivity contribution < 1.29 is 9.53 Å². The zero-order valence-corrected chi connectivity index (χ0v) is 13.1. The molecule has 1 saturated heterocycles. The van der Waals surface area contributed by atoms with E-state index in [2.05, 4.69) is 57.0 Å². The molecule has 20 heavy (non-hydrogen) atoms. The Morgan fingerprint density at radius 2 is 1.80 bits per heavy atom. The van der Waals surface area contributed by atoms with Crippen LogP contribution in [0.2, 0.25) is 0 Å². The average Bonchev–Trinajstić information content (AvgIpc) is 2.79. The highest BCUT2D eigenvalue weighted by atomic mass is 16.5. The number of methoxy groups -OCH3 is 1. The second-order valence-electron chi connectivity index (χ2n) is 6.83. The summed E-state index contributed by atoms with van der Waals surface area (Å²) in [7, 11) is 3.53. The van der Waals surface area contributed by atoms with Gasteiger partial charge >= 0.3 is 5.97 Å². The number of hydrogen-bond donors (Lipinski definition) is 0. The fourth-order valence-corrected chi connectivity index (χ4v) is 2.96. The lowest BCUT2D eigenvalue weighted by atomic mass is 9.83. The maximum atomic E-state index is 11.9. The van der Waals surface area contributed by atoms with Gasteiger partial charge < -0.3 is 9.64 Å². The van der Waals surface area contributed by atoms with Gasteiger partial charge in [0.1, 0.15) is 0 Å². The first kappa shape index (κ1) is 15.0. The van der Waals surface area contributed by atoms with E-state index in [1.54, 1.807) is 0 Å². The summed E-state index contributed by atoms with van der Waals surface area (Å²) in [6.07, 6.45) is 0. The van der Waals surface area contributed by atoms with Gasteiger partial charge in [0.2, 0.25) is 0 Å². The van der Waals surface area contributed by atoms with E-state index in [1.165, 1.54) is 18.2 Å². The molecule has 1 aromatic rings. The maximum Gasteiger partial charge on any atom is 0.310 e. The van der Waals surface area contributed by atoms with Gasteiger partial charge in [-0.1, -0.05) is 45.0 Å². The van der Waals surface area contributed by atoms with Crippen LogP contribution in [0.15, 0.2) is 24.3 Å². The maximum absolute atomic E-state index is 11.9. The van der Waals surface area contributed by atoms with E-state index in [9.17, 15) is 4.79 Å². The fraction of sp³-hybridized carbons (Fsp3) is 0.588. The van der Waals surface area contributed by atoms with E-state index in [0.29, 0.717) is 0 Å². The van der Waals surface area contributed by atoms with Crippen LogP contribution >= 0.6 is 0 Å². The van der Waals surface area contributed by atoms with Gasteiger partial charge in [-0.15, -0.1) is 0 Å². The van der Waals surface area contributed by atoms with Crippen LogP contribution in [0.5, 0.6) is 0 Å². The number of hydrogen-bond acceptors (Lipinski definition) is 3. The molecule has 0 saturated carbocycles. The number of nitrogens with zero attached hydrogens (tertiary/aromatic N) is 1. The SMILES string of the molecule is COC(=O)C1CN(C)CC1c1ccc(C(C)(C)C)cc1. The first-order chi connectivity index (χ1) is 9.32. The minimum atomic E-state index is -0.0979. The minimum Gasteiger partial charge on any atom is -0.469 e. The molecule has 0 amide bonds. The molecular weight excluding hydrogens is 250 g/mol. The van der Waals surface area contributed by atoms with Crippen molar-refractivity contribution in [2.75, 3.05) is 27.2 Å². The lowest BCUT2D eigenvalue weighted by Crippen LogP contribution is -2.23. The quantitative estimate of drug-likeness (QED) is 0.777. The van der Waals surface area contributed by atoms with Gasteiger partial charge in [-0.3, -0.25) is 4.79 Å². The molecule has 0 spiro atoms. The van der Waals surface area contributed by atoms with Gasteiger partial charge in [-0.2, -0.15) is 0 Å². The Labute approximate surface area is 121 Å². The van der Waals surface area contributed by atoms with Crippen molar-refractivity contribution >= 4 is 5.97 Å². The molecule has 2 unspecified atom stereocenters. The Morgan fingerprint density at radius 1 is 1.20 bits per heavy atom. The molecule has 0 N–H and O–H groups in total. The Hall–Kier alpha value is -1.35. The molecule has 3 heteroatoms. The molecule has 2 rings (SSSR count). The lowest BCUT2D eigenvalue weighted by molar-refractivity contribution is -0.145. The predicted octanol–water partition coefficient (Wildman–Crippen LogP) is 2.80. The average molecular weight is 275 g/mol. The van der Waals surface area contributed by atoms with Crippen molar-refractivity contribution in [3.05, 3.63) is 35.4 Å².